The number of amides is 2. The zero-order valence-electron chi connectivity index (χ0n) is 23.8. The molecule has 0 unspecified atom stereocenters. The number of carbonyl (C=O) groups excluding carboxylic acids is 2. The minimum absolute atomic E-state index is 0.000435. The van der Waals surface area contributed by atoms with Gasteiger partial charge in [-0.15, -0.1) is 0 Å². The van der Waals surface area contributed by atoms with Crippen LogP contribution < -0.4 is 5.32 Å². The van der Waals surface area contributed by atoms with Gasteiger partial charge in [0, 0.05) is 17.7 Å². The van der Waals surface area contributed by atoms with Gasteiger partial charge in [-0.25, -0.2) is 4.68 Å². The van der Waals surface area contributed by atoms with Gasteiger partial charge in [-0.3, -0.25) is 9.59 Å². The second-order valence-corrected chi connectivity index (χ2v) is 11.0. The van der Waals surface area contributed by atoms with E-state index in [1.807, 2.05) is 99.6 Å². The predicted molar refractivity (Wildman–Crippen MR) is 158 cm³/mol. The number of hydrogen-bond donors (Lipinski definition) is 1. The molecule has 4 rings (SSSR count). The Kier molecular flexibility index (Phi) is 8.34. The fraction of sp³-hybridized carbons (Fsp3) is 0.303. The van der Waals surface area contributed by atoms with E-state index in [9.17, 15) is 9.59 Å². The molecule has 4 aromatic rings. The average molecular weight is 523 g/mol. The first-order chi connectivity index (χ1) is 18.6. The molecular formula is C33H38N4O2. The Labute approximate surface area is 231 Å². The molecule has 1 heterocycles. The van der Waals surface area contributed by atoms with E-state index < -0.39 is 0 Å². The SMILES string of the molecule is CCCN(CC(=O)Nc1c(-c2ccccc2)c(C)nn1-c1ccc(C)cc1)C(=O)c1ccc(C(C)(C)C)cc1. The Hall–Kier alpha value is -4.19. The van der Waals surface area contributed by atoms with Crippen molar-refractivity contribution in [2.24, 2.45) is 0 Å². The molecule has 0 bridgehead atoms. The fourth-order valence-corrected chi connectivity index (χ4v) is 4.63. The summed E-state index contributed by atoms with van der Waals surface area (Å²) >= 11 is 0. The highest BCUT2D eigenvalue weighted by atomic mass is 16.2. The van der Waals surface area contributed by atoms with Crippen molar-refractivity contribution in [2.45, 2.75) is 53.4 Å². The van der Waals surface area contributed by atoms with Gasteiger partial charge in [-0.1, -0.05) is 87.9 Å². The molecule has 0 radical (unpaired) electrons. The summed E-state index contributed by atoms with van der Waals surface area (Å²) in [6, 6.07) is 25.6. The summed E-state index contributed by atoms with van der Waals surface area (Å²) in [7, 11) is 0. The van der Waals surface area contributed by atoms with E-state index in [2.05, 4.69) is 26.1 Å². The van der Waals surface area contributed by atoms with Crippen molar-refractivity contribution in [1.29, 1.82) is 0 Å². The van der Waals surface area contributed by atoms with Crippen molar-refractivity contribution >= 4 is 17.6 Å². The lowest BCUT2D eigenvalue weighted by Crippen LogP contribution is -2.38. The molecule has 0 spiro atoms. The summed E-state index contributed by atoms with van der Waals surface area (Å²) in [5.41, 5.74) is 6.35. The highest BCUT2D eigenvalue weighted by Gasteiger charge is 2.24. The molecule has 3 aromatic carbocycles. The van der Waals surface area contributed by atoms with Crippen LogP contribution in [-0.4, -0.2) is 39.6 Å². The summed E-state index contributed by atoms with van der Waals surface area (Å²) in [6.45, 7) is 12.8. The summed E-state index contributed by atoms with van der Waals surface area (Å²) in [5, 5.41) is 7.89. The van der Waals surface area contributed by atoms with Crippen molar-refractivity contribution in [2.75, 3.05) is 18.4 Å². The number of aryl methyl sites for hydroxylation is 2. The van der Waals surface area contributed by atoms with Gasteiger partial charge >= 0.3 is 0 Å². The van der Waals surface area contributed by atoms with Crippen LogP contribution >= 0.6 is 0 Å². The maximum atomic E-state index is 13.5. The van der Waals surface area contributed by atoms with Crippen LogP contribution in [0.15, 0.2) is 78.9 Å². The first kappa shape index (κ1) is 27.8. The number of anilines is 1. The molecule has 0 aliphatic heterocycles. The maximum absolute atomic E-state index is 13.5. The summed E-state index contributed by atoms with van der Waals surface area (Å²) in [4.78, 5) is 28.5. The topological polar surface area (TPSA) is 67.2 Å². The summed E-state index contributed by atoms with van der Waals surface area (Å²) in [5.74, 6) is 0.165. The number of aromatic nitrogens is 2. The predicted octanol–water partition coefficient (Wildman–Crippen LogP) is 6.94. The van der Waals surface area contributed by atoms with Crippen LogP contribution in [0.4, 0.5) is 5.82 Å². The molecule has 6 nitrogen and oxygen atoms in total. The van der Waals surface area contributed by atoms with Crippen molar-refractivity contribution in [3.63, 3.8) is 0 Å². The quantitative estimate of drug-likeness (QED) is 0.272. The molecule has 1 N–H and O–H groups in total. The molecule has 0 atom stereocenters. The van der Waals surface area contributed by atoms with E-state index in [4.69, 9.17) is 5.10 Å². The fourth-order valence-electron chi connectivity index (χ4n) is 4.63. The van der Waals surface area contributed by atoms with Gasteiger partial charge < -0.3 is 10.2 Å². The maximum Gasteiger partial charge on any atom is 0.254 e. The number of nitrogens with zero attached hydrogens (tertiary/aromatic N) is 3. The van der Waals surface area contributed by atoms with Crippen LogP contribution in [0.2, 0.25) is 0 Å². The highest BCUT2D eigenvalue weighted by Crippen LogP contribution is 2.33. The van der Waals surface area contributed by atoms with Gasteiger partial charge in [-0.2, -0.15) is 5.10 Å². The highest BCUT2D eigenvalue weighted by molar-refractivity contribution is 6.01. The van der Waals surface area contributed by atoms with E-state index in [0.29, 0.717) is 17.9 Å². The van der Waals surface area contributed by atoms with Crippen molar-refractivity contribution in [3.05, 3.63) is 101 Å². The molecule has 0 saturated heterocycles. The molecule has 0 fully saturated rings. The zero-order chi connectivity index (χ0) is 28.2. The third-order valence-corrected chi connectivity index (χ3v) is 6.77. The minimum atomic E-state index is -0.270. The molecule has 2 amide bonds. The second kappa shape index (κ2) is 11.7. The number of benzene rings is 3. The van der Waals surface area contributed by atoms with Gasteiger partial charge in [0.1, 0.15) is 12.4 Å². The van der Waals surface area contributed by atoms with Crippen LogP contribution in [0, 0.1) is 13.8 Å². The van der Waals surface area contributed by atoms with Crippen LogP contribution in [0.1, 0.15) is 61.3 Å². The number of nitrogens with one attached hydrogen (secondary N) is 1. The third kappa shape index (κ3) is 6.45. The Bertz CT molecular complexity index is 1430. The van der Waals surface area contributed by atoms with Gasteiger partial charge in [0.25, 0.3) is 5.91 Å². The van der Waals surface area contributed by atoms with E-state index in [1.165, 1.54) is 0 Å². The van der Waals surface area contributed by atoms with Gasteiger partial charge in [0.05, 0.1) is 11.4 Å². The molecule has 39 heavy (non-hydrogen) atoms. The summed E-state index contributed by atoms with van der Waals surface area (Å²) in [6.07, 6.45) is 0.745. The van der Waals surface area contributed by atoms with Crippen LogP contribution in [0.5, 0.6) is 0 Å². The molecule has 202 valence electrons. The lowest BCUT2D eigenvalue weighted by molar-refractivity contribution is -0.116. The van der Waals surface area contributed by atoms with Gasteiger partial charge in [-0.05, 0) is 61.1 Å². The normalized spacial score (nSPS) is 11.3. The smallest absolute Gasteiger partial charge is 0.254 e. The number of hydrogen-bond acceptors (Lipinski definition) is 3. The van der Waals surface area contributed by atoms with Crippen molar-refractivity contribution < 1.29 is 9.59 Å². The van der Waals surface area contributed by atoms with E-state index in [1.54, 1.807) is 9.58 Å². The molecule has 6 heteroatoms. The Morgan fingerprint density at radius 1 is 0.897 bits per heavy atom. The van der Waals surface area contributed by atoms with Crippen molar-refractivity contribution in [3.8, 4) is 16.8 Å². The van der Waals surface area contributed by atoms with Crippen LogP contribution in [-0.2, 0) is 10.2 Å². The molecule has 0 aliphatic carbocycles. The molecule has 0 aliphatic rings. The first-order valence-electron chi connectivity index (χ1n) is 13.5. The number of carbonyl (C=O) groups is 2. The summed E-state index contributed by atoms with van der Waals surface area (Å²) < 4.78 is 1.77. The average Bonchev–Trinajstić information content (AvgIpc) is 3.23. The number of rotatable bonds is 8. The Morgan fingerprint density at radius 3 is 2.13 bits per heavy atom. The monoisotopic (exact) mass is 522 g/mol. The standard InChI is InChI=1S/C33H38N4O2/c1-7-21-36(32(39)26-15-17-27(18-16-26)33(4,5)6)22-29(38)34-31-30(25-11-9-8-10-12-25)24(3)35-37(31)28-19-13-23(2)14-20-28/h8-20H,7,21-22H2,1-6H3,(H,34,38). The van der Waals surface area contributed by atoms with E-state index in [-0.39, 0.29) is 23.8 Å². The Morgan fingerprint density at radius 2 is 1.54 bits per heavy atom. The molecule has 0 saturated carbocycles. The lowest BCUT2D eigenvalue weighted by Gasteiger charge is -2.23. The van der Waals surface area contributed by atoms with Crippen LogP contribution in [0.25, 0.3) is 16.8 Å². The molecule has 1 aromatic heterocycles. The minimum Gasteiger partial charge on any atom is -0.329 e. The van der Waals surface area contributed by atoms with Crippen LogP contribution in [0.3, 0.4) is 0 Å². The second-order valence-electron chi connectivity index (χ2n) is 11.0. The van der Waals surface area contributed by atoms with Gasteiger partial charge in [0.2, 0.25) is 5.91 Å². The van der Waals surface area contributed by atoms with E-state index >= 15 is 0 Å². The Balaban J connectivity index is 1.64. The van der Waals surface area contributed by atoms with E-state index in [0.717, 1.165) is 40.1 Å². The largest absolute Gasteiger partial charge is 0.329 e. The zero-order valence-corrected chi connectivity index (χ0v) is 23.8. The van der Waals surface area contributed by atoms with Crippen molar-refractivity contribution in [1.82, 2.24) is 14.7 Å². The third-order valence-electron chi connectivity index (χ3n) is 6.77. The lowest BCUT2D eigenvalue weighted by atomic mass is 9.86. The first-order valence-corrected chi connectivity index (χ1v) is 13.5. The van der Waals surface area contributed by atoms with Gasteiger partial charge in [0.15, 0.2) is 0 Å². The molecular weight excluding hydrogens is 484 g/mol.